The fraction of sp³-hybridized carbons (Fsp3) is 0.500. The minimum atomic E-state index is -0.0741. The van der Waals surface area contributed by atoms with Crippen LogP contribution in [0.2, 0.25) is 0 Å². The minimum absolute atomic E-state index is 0.0741. The standard InChI is InChI=1S/C4H9N3S/c1-3-2-7(6)4(5)8-3/h2,4H,5-6H2,1H3. The van der Waals surface area contributed by atoms with Gasteiger partial charge in [0.25, 0.3) is 0 Å². The van der Waals surface area contributed by atoms with Crippen LogP contribution in [0.5, 0.6) is 0 Å². The second-order valence-corrected chi connectivity index (χ2v) is 3.06. The van der Waals surface area contributed by atoms with Gasteiger partial charge in [-0.25, -0.2) is 5.84 Å². The van der Waals surface area contributed by atoms with Gasteiger partial charge in [-0.2, -0.15) is 0 Å². The Morgan fingerprint density at radius 1 is 1.88 bits per heavy atom. The lowest BCUT2D eigenvalue weighted by atomic mass is 10.7. The summed E-state index contributed by atoms with van der Waals surface area (Å²) in [4.78, 5) is 1.17. The topological polar surface area (TPSA) is 55.3 Å². The summed E-state index contributed by atoms with van der Waals surface area (Å²) in [5.41, 5.74) is 5.41. The molecule has 4 heteroatoms. The van der Waals surface area contributed by atoms with Crippen LogP contribution in [0.25, 0.3) is 0 Å². The lowest BCUT2D eigenvalue weighted by Gasteiger charge is -2.12. The van der Waals surface area contributed by atoms with Crippen LogP contribution in [0.1, 0.15) is 6.92 Å². The molecule has 0 bridgehead atoms. The molecule has 1 heterocycles. The number of allylic oxidation sites excluding steroid dienone is 1. The van der Waals surface area contributed by atoms with Gasteiger partial charge in [0, 0.05) is 11.1 Å². The van der Waals surface area contributed by atoms with E-state index in [9.17, 15) is 0 Å². The van der Waals surface area contributed by atoms with Crippen molar-refractivity contribution < 1.29 is 0 Å². The van der Waals surface area contributed by atoms with Crippen molar-refractivity contribution in [2.24, 2.45) is 11.6 Å². The zero-order valence-corrected chi connectivity index (χ0v) is 5.48. The molecule has 1 aliphatic heterocycles. The molecule has 46 valence electrons. The van der Waals surface area contributed by atoms with E-state index in [4.69, 9.17) is 11.6 Å². The number of thioether (sulfide) groups is 1. The van der Waals surface area contributed by atoms with Gasteiger partial charge in [0.15, 0.2) is 0 Å². The van der Waals surface area contributed by atoms with Crippen LogP contribution in [0, 0.1) is 0 Å². The molecule has 0 aromatic heterocycles. The second kappa shape index (κ2) is 1.97. The highest BCUT2D eigenvalue weighted by molar-refractivity contribution is 8.03. The molecular weight excluding hydrogens is 122 g/mol. The predicted molar refractivity (Wildman–Crippen MR) is 35.3 cm³/mol. The number of nitrogens with zero attached hydrogens (tertiary/aromatic N) is 1. The maximum atomic E-state index is 5.48. The van der Waals surface area contributed by atoms with Crippen molar-refractivity contribution in [1.29, 1.82) is 0 Å². The molecule has 8 heavy (non-hydrogen) atoms. The maximum absolute atomic E-state index is 5.48. The molecule has 0 saturated carbocycles. The summed E-state index contributed by atoms with van der Waals surface area (Å²) in [5, 5.41) is 1.50. The summed E-state index contributed by atoms with van der Waals surface area (Å²) >= 11 is 1.57. The zero-order chi connectivity index (χ0) is 6.15. The summed E-state index contributed by atoms with van der Waals surface area (Å²) in [6.45, 7) is 1.98. The quantitative estimate of drug-likeness (QED) is 0.455. The molecule has 0 saturated heterocycles. The summed E-state index contributed by atoms with van der Waals surface area (Å²) in [6, 6.07) is 0. The van der Waals surface area contributed by atoms with E-state index in [-0.39, 0.29) is 5.50 Å². The fourth-order valence-electron chi connectivity index (χ4n) is 0.565. The molecule has 0 radical (unpaired) electrons. The molecule has 0 aromatic rings. The summed E-state index contributed by atoms with van der Waals surface area (Å²) in [5.74, 6) is 5.38. The first-order valence-corrected chi connectivity index (χ1v) is 3.22. The molecule has 1 aliphatic rings. The molecule has 0 spiro atoms. The Bertz CT molecular complexity index is 122. The van der Waals surface area contributed by atoms with Gasteiger partial charge in [0.1, 0.15) is 5.50 Å². The molecule has 1 atom stereocenters. The highest BCUT2D eigenvalue weighted by Gasteiger charge is 2.14. The van der Waals surface area contributed by atoms with Crippen molar-refractivity contribution in [3.05, 3.63) is 11.1 Å². The summed E-state index contributed by atoms with van der Waals surface area (Å²) < 4.78 is 0. The third kappa shape index (κ3) is 0.964. The van der Waals surface area contributed by atoms with Crippen molar-refractivity contribution >= 4 is 11.8 Å². The molecule has 0 aliphatic carbocycles. The van der Waals surface area contributed by atoms with Gasteiger partial charge in [-0.1, -0.05) is 11.8 Å². The van der Waals surface area contributed by atoms with Gasteiger partial charge in [-0.3, -0.25) is 5.01 Å². The third-order valence-corrected chi connectivity index (χ3v) is 1.89. The summed E-state index contributed by atoms with van der Waals surface area (Å²) in [7, 11) is 0. The second-order valence-electron chi connectivity index (χ2n) is 1.70. The van der Waals surface area contributed by atoms with Crippen molar-refractivity contribution in [3.63, 3.8) is 0 Å². The Morgan fingerprint density at radius 2 is 2.50 bits per heavy atom. The Balaban J connectivity index is 2.56. The van der Waals surface area contributed by atoms with E-state index in [1.54, 1.807) is 11.8 Å². The number of hydrogen-bond donors (Lipinski definition) is 2. The van der Waals surface area contributed by atoms with Crippen molar-refractivity contribution in [2.45, 2.75) is 12.4 Å². The number of nitrogens with two attached hydrogens (primary N) is 2. The highest BCUT2D eigenvalue weighted by atomic mass is 32.2. The molecule has 1 unspecified atom stereocenters. The highest BCUT2D eigenvalue weighted by Crippen LogP contribution is 2.25. The van der Waals surface area contributed by atoms with E-state index in [0.29, 0.717) is 0 Å². The van der Waals surface area contributed by atoms with Crippen LogP contribution in [0.15, 0.2) is 11.1 Å². The Hall–Kier alpha value is -0.190. The summed E-state index contributed by atoms with van der Waals surface area (Å²) in [6.07, 6.45) is 1.83. The first kappa shape index (κ1) is 5.94. The molecule has 3 nitrogen and oxygen atoms in total. The van der Waals surface area contributed by atoms with Crippen LogP contribution in [0.3, 0.4) is 0 Å². The van der Waals surface area contributed by atoms with E-state index in [2.05, 4.69) is 0 Å². The van der Waals surface area contributed by atoms with Crippen LogP contribution < -0.4 is 11.6 Å². The minimum Gasteiger partial charge on any atom is -0.301 e. The van der Waals surface area contributed by atoms with Crippen molar-refractivity contribution in [1.82, 2.24) is 5.01 Å². The molecule has 0 aromatic carbocycles. The van der Waals surface area contributed by atoms with Gasteiger partial charge >= 0.3 is 0 Å². The van der Waals surface area contributed by atoms with E-state index >= 15 is 0 Å². The molecule has 4 N–H and O–H groups in total. The first-order chi connectivity index (χ1) is 3.70. The number of hydrogen-bond acceptors (Lipinski definition) is 4. The monoisotopic (exact) mass is 131 g/mol. The Kier molecular flexibility index (Phi) is 1.46. The SMILES string of the molecule is CC1=CN(N)C(N)S1. The van der Waals surface area contributed by atoms with Gasteiger partial charge in [-0.05, 0) is 6.92 Å². The average Bonchev–Trinajstić information content (AvgIpc) is 1.85. The maximum Gasteiger partial charge on any atom is 0.143 e. The average molecular weight is 131 g/mol. The van der Waals surface area contributed by atoms with E-state index in [1.807, 2.05) is 13.1 Å². The van der Waals surface area contributed by atoms with E-state index in [0.717, 1.165) is 0 Å². The third-order valence-electron chi connectivity index (χ3n) is 0.931. The van der Waals surface area contributed by atoms with Crippen LogP contribution in [-0.2, 0) is 0 Å². The Morgan fingerprint density at radius 3 is 2.62 bits per heavy atom. The van der Waals surface area contributed by atoms with Crippen LogP contribution in [0.4, 0.5) is 0 Å². The van der Waals surface area contributed by atoms with Gasteiger partial charge in [-0.15, -0.1) is 0 Å². The van der Waals surface area contributed by atoms with E-state index < -0.39 is 0 Å². The van der Waals surface area contributed by atoms with Gasteiger partial charge in [0.2, 0.25) is 0 Å². The molecule has 1 rings (SSSR count). The normalized spacial score (nSPS) is 28.6. The van der Waals surface area contributed by atoms with Crippen LogP contribution in [-0.4, -0.2) is 10.5 Å². The molecular formula is C4H9N3S. The van der Waals surface area contributed by atoms with Gasteiger partial charge < -0.3 is 5.73 Å². The van der Waals surface area contributed by atoms with E-state index in [1.165, 1.54) is 9.91 Å². The predicted octanol–water partition coefficient (Wildman–Crippen LogP) is 0.0125. The number of hydrazine groups is 1. The molecule has 0 fully saturated rings. The van der Waals surface area contributed by atoms with Crippen LogP contribution >= 0.6 is 11.8 Å². The largest absolute Gasteiger partial charge is 0.301 e. The Labute approximate surface area is 52.7 Å². The fourth-order valence-corrected chi connectivity index (χ4v) is 1.31. The lowest BCUT2D eigenvalue weighted by molar-refractivity contribution is 0.383. The number of rotatable bonds is 0. The van der Waals surface area contributed by atoms with Crippen molar-refractivity contribution in [3.8, 4) is 0 Å². The zero-order valence-electron chi connectivity index (χ0n) is 4.66. The molecule has 0 amide bonds. The van der Waals surface area contributed by atoms with Gasteiger partial charge in [0.05, 0.1) is 0 Å². The first-order valence-electron chi connectivity index (χ1n) is 2.34. The lowest BCUT2D eigenvalue weighted by Crippen LogP contribution is -2.37. The van der Waals surface area contributed by atoms with Crippen molar-refractivity contribution in [2.75, 3.05) is 0 Å². The smallest absolute Gasteiger partial charge is 0.143 e.